The molecule has 1 aromatic heterocycles. The topological polar surface area (TPSA) is 12.9 Å². The van der Waals surface area contributed by atoms with E-state index < -0.39 is 0 Å². The van der Waals surface area contributed by atoms with Crippen molar-refractivity contribution in [1.82, 2.24) is 4.98 Å². The minimum atomic E-state index is 0.264. The van der Waals surface area contributed by atoms with Crippen LogP contribution in [0.1, 0.15) is 52.9 Å². The Morgan fingerprint density at radius 1 is 1.11 bits per heavy atom. The molecule has 1 saturated carbocycles. The fourth-order valence-corrected chi connectivity index (χ4v) is 4.32. The quantitative estimate of drug-likeness (QED) is 0.689. The van der Waals surface area contributed by atoms with E-state index >= 15 is 0 Å². The van der Waals surface area contributed by atoms with Crippen LogP contribution in [0.3, 0.4) is 0 Å². The molecule has 0 saturated heterocycles. The van der Waals surface area contributed by atoms with Gasteiger partial charge in [-0.1, -0.05) is 40.0 Å². The average Bonchev–Trinajstić information content (AvgIpc) is 2.31. The Labute approximate surface area is 120 Å². The van der Waals surface area contributed by atoms with Crippen molar-refractivity contribution < 1.29 is 0 Å². The number of nitrogens with zero attached hydrogens (tertiary/aromatic N) is 1. The third-order valence-corrected chi connectivity index (χ3v) is 5.35. The fraction of sp³-hybridized carbons (Fsp3) is 0.667. The molecule has 1 heterocycles. The van der Waals surface area contributed by atoms with Gasteiger partial charge in [0.2, 0.25) is 0 Å². The molecule has 1 aliphatic carbocycles. The first-order valence-corrected chi connectivity index (χ1v) is 8.54. The molecule has 100 valence electrons. The zero-order valence-corrected chi connectivity index (χ0v) is 13.2. The first-order chi connectivity index (χ1) is 8.53. The zero-order valence-electron chi connectivity index (χ0n) is 11.6. The van der Waals surface area contributed by atoms with Crippen LogP contribution in [-0.4, -0.2) is 15.0 Å². The van der Waals surface area contributed by atoms with E-state index in [4.69, 9.17) is 0 Å². The van der Waals surface area contributed by atoms with Crippen LogP contribution in [0.4, 0.5) is 0 Å². The maximum absolute atomic E-state index is 4.60. The van der Waals surface area contributed by atoms with E-state index in [-0.39, 0.29) is 4.75 Å². The van der Waals surface area contributed by atoms with Gasteiger partial charge in [-0.15, -0.1) is 23.5 Å². The minimum absolute atomic E-state index is 0.264. The second-order valence-electron chi connectivity index (χ2n) is 5.92. The van der Waals surface area contributed by atoms with Gasteiger partial charge in [-0.3, -0.25) is 0 Å². The Bertz CT molecular complexity index is 361. The maximum atomic E-state index is 4.60. The van der Waals surface area contributed by atoms with Gasteiger partial charge < -0.3 is 0 Å². The van der Waals surface area contributed by atoms with Crippen LogP contribution in [0.15, 0.2) is 28.3 Å². The predicted molar refractivity (Wildman–Crippen MR) is 82.6 cm³/mol. The Hall–Kier alpha value is -0.150. The highest BCUT2D eigenvalue weighted by Gasteiger charge is 2.16. The van der Waals surface area contributed by atoms with E-state index in [0.29, 0.717) is 0 Å². The molecule has 0 unspecified atom stereocenters. The molecule has 0 atom stereocenters. The molecule has 0 radical (unpaired) electrons. The first kappa shape index (κ1) is 14.3. The van der Waals surface area contributed by atoms with Gasteiger partial charge in [0.1, 0.15) is 0 Å². The van der Waals surface area contributed by atoms with Gasteiger partial charge in [-0.25, -0.2) is 4.98 Å². The summed E-state index contributed by atoms with van der Waals surface area (Å²) in [4.78, 5) is 5.87. The predicted octanol–water partition coefficient (Wildman–Crippen LogP) is 5.40. The van der Waals surface area contributed by atoms with Gasteiger partial charge in [0.15, 0.2) is 0 Å². The second-order valence-corrected chi connectivity index (χ2v) is 9.15. The molecule has 18 heavy (non-hydrogen) atoms. The smallest absolute Gasteiger partial charge is 0.0963 e. The second kappa shape index (κ2) is 6.33. The van der Waals surface area contributed by atoms with Crippen molar-refractivity contribution in [2.24, 2.45) is 0 Å². The summed E-state index contributed by atoms with van der Waals surface area (Å²) in [7, 11) is 0. The number of thioether (sulfide) groups is 2. The summed E-state index contributed by atoms with van der Waals surface area (Å²) >= 11 is 3.85. The van der Waals surface area contributed by atoms with E-state index in [2.05, 4.69) is 37.9 Å². The summed E-state index contributed by atoms with van der Waals surface area (Å²) < 4.78 is 0.264. The monoisotopic (exact) mass is 281 g/mol. The van der Waals surface area contributed by atoms with Crippen molar-refractivity contribution in [3.8, 4) is 0 Å². The molecule has 0 aromatic carbocycles. The van der Waals surface area contributed by atoms with E-state index in [0.717, 1.165) is 5.25 Å². The highest BCUT2D eigenvalue weighted by atomic mass is 32.2. The van der Waals surface area contributed by atoms with Crippen LogP contribution in [-0.2, 0) is 0 Å². The van der Waals surface area contributed by atoms with Crippen LogP contribution in [0.5, 0.6) is 0 Å². The Morgan fingerprint density at radius 3 is 2.39 bits per heavy atom. The summed E-state index contributed by atoms with van der Waals surface area (Å²) in [6.45, 7) is 6.72. The lowest BCUT2D eigenvalue weighted by atomic mass is 10.0. The molecule has 3 heteroatoms. The zero-order chi connectivity index (χ0) is 13.0. The third kappa shape index (κ3) is 4.85. The van der Waals surface area contributed by atoms with Crippen LogP contribution in [0, 0.1) is 0 Å². The Morgan fingerprint density at radius 2 is 1.83 bits per heavy atom. The third-order valence-electron chi connectivity index (χ3n) is 2.97. The molecular weight excluding hydrogens is 258 g/mol. The van der Waals surface area contributed by atoms with Crippen molar-refractivity contribution >= 4 is 23.5 Å². The summed E-state index contributed by atoms with van der Waals surface area (Å²) in [5.74, 6) is 0. The highest BCUT2D eigenvalue weighted by molar-refractivity contribution is 8.00. The van der Waals surface area contributed by atoms with Crippen molar-refractivity contribution in [3.05, 3.63) is 18.3 Å². The van der Waals surface area contributed by atoms with Gasteiger partial charge in [0.05, 0.1) is 5.03 Å². The van der Waals surface area contributed by atoms with E-state index in [1.54, 1.807) is 0 Å². The van der Waals surface area contributed by atoms with Gasteiger partial charge in [0.25, 0.3) is 0 Å². The number of hydrogen-bond donors (Lipinski definition) is 0. The fourth-order valence-electron chi connectivity index (χ4n) is 2.20. The van der Waals surface area contributed by atoms with E-state index in [1.807, 2.05) is 29.7 Å². The molecule has 2 rings (SSSR count). The van der Waals surface area contributed by atoms with Gasteiger partial charge in [-0.05, 0) is 25.0 Å². The summed E-state index contributed by atoms with van der Waals surface area (Å²) in [5, 5.41) is 1.99. The van der Waals surface area contributed by atoms with Crippen molar-refractivity contribution in [1.29, 1.82) is 0 Å². The van der Waals surface area contributed by atoms with Crippen LogP contribution in [0.2, 0.25) is 0 Å². The van der Waals surface area contributed by atoms with Crippen LogP contribution in [0.25, 0.3) is 0 Å². The molecular formula is C15H23NS2. The largest absolute Gasteiger partial charge is 0.249 e. The lowest BCUT2D eigenvalue weighted by Crippen LogP contribution is -2.08. The van der Waals surface area contributed by atoms with Crippen LogP contribution >= 0.6 is 23.5 Å². The summed E-state index contributed by atoms with van der Waals surface area (Å²) in [6, 6.07) is 4.40. The summed E-state index contributed by atoms with van der Waals surface area (Å²) in [6.07, 6.45) is 8.98. The Kier molecular flexibility index (Phi) is 5.02. The molecule has 1 nitrogen and oxygen atoms in total. The normalized spacial score (nSPS) is 17.9. The molecule has 1 aliphatic rings. The average molecular weight is 281 g/mol. The van der Waals surface area contributed by atoms with Gasteiger partial charge in [-0.2, -0.15) is 0 Å². The van der Waals surface area contributed by atoms with Crippen molar-refractivity contribution in [2.45, 2.75) is 72.8 Å². The SMILES string of the molecule is CC(C)(C)Sc1ccc(SC2CCCCC2)nc1. The first-order valence-electron chi connectivity index (χ1n) is 6.85. The summed E-state index contributed by atoms with van der Waals surface area (Å²) in [5.41, 5.74) is 0. The molecule has 0 aliphatic heterocycles. The van der Waals surface area contributed by atoms with Crippen LogP contribution < -0.4 is 0 Å². The molecule has 1 fully saturated rings. The standard InChI is InChI=1S/C15H23NS2/c1-15(2,3)18-13-9-10-14(16-11-13)17-12-7-5-4-6-8-12/h9-12H,4-8H2,1-3H3. The number of pyridine rings is 1. The van der Waals surface area contributed by atoms with E-state index in [1.165, 1.54) is 42.0 Å². The number of aromatic nitrogens is 1. The lowest BCUT2D eigenvalue weighted by Gasteiger charge is -2.21. The molecule has 1 aromatic rings. The Balaban J connectivity index is 1.90. The van der Waals surface area contributed by atoms with Crippen molar-refractivity contribution in [3.63, 3.8) is 0 Å². The molecule has 0 spiro atoms. The molecule has 0 N–H and O–H groups in total. The number of rotatable bonds is 3. The minimum Gasteiger partial charge on any atom is -0.249 e. The lowest BCUT2D eigenvalue weighted by molar-refractivity contribution is 0.515. The maximum Gasteiger partial charge on any atom is 0.0963 e. The molecule has 0 bridgehead atoms. The van der Waals surface area contributed by atoms with E-state index in [9.17, 15) is 0 Å². The molecule has 0 amide bonds. The van der Waals surface area contributed by atoms with Gasteiger partial charge in [0, 0.05) is 21.1 Å². The van der Waals surface area contributed by atoms with Crippen molar-refractivity contribution in [2.75, 3.05) is 0 Å². The number of hydrogen-bond acceptors (Lipinski definition) is 3. The van der Waals surface area contributed by atoms with Gasteiger partial charge >= 0.3 is 0 Å². The highest BCUT2D eigenvalue weighted by Crippen LogP contribution is 2.35.